The first-order chi connectivity index (χ1) is 9.54. The molecule has 0 N–H and O–H groups in total. The normalized spacial score (nSPS) is 21.6. The summed E-state index contributed by atoms with van der Waals surface area (Å²) in [6.07, 6.45) is 4.94. The van der Waals surface area contributed by atoms with E-state index in [1.54, 1.807) is 11.8 Å². The molecule has 0 bridgehead atoms. The molecule has 1 saturated heterocycles. The summed E-state index contributed by atoms with van der Waals surface area (Å²) in [6.45, 7) is 4.07. The summed E-state index contributed by atoms with van der Waals surface area (Å²) >= 11 is 1.68. The molecule has 20 heavy (non-hydrogen) atoms. The van der Waals surface area contributed by atoms with Gasteiger partial charge in [-0.3, -0.25) is 9.59 Å². The Kier molecular flexibility index (Phi) is 5.35. The zero-order chi connectivity index (χ0) is 14.6. The van der Waals surface area contributed by atoms with Gasteiger partial charge in [0.1, 0.15) is 0 Å². The first kappa shape index (κ1) is 15.7. The highest BCUT2D eigenvalue weighted by Gasteiger charge is 2.44. The molecule has 0 atom stereocenters. The minimum Gasteiger partial charge on any atom is -0.469 e. The second-order valence-electron chi connectivity index (χ2n) is 6.31. The van der Waals surface area contributed by atoms with E-state index in [1.807, 2.05) is 4.90 Å². The summed E-state index contributed by atoms with van der Waals surface area (Å²) in [5, 5.41) is 0. The lowest BCUT2D eigenvalue weighted by atomic mass is 9.99. The van der Waals surface area contributed by atoms with Crippen LogP contribution in [0, 0.1) is 11.3 Å². The molecule has 4 nitrogen and oxygen atoms in total. The standard InChI is InChI=1S/C15H25NO3S/c1-12-3-7-16(8-4-12)13(17)10-20-11-15(5-6-15)9-14(18)19-2/h12H,3-11H2,1-2H3. The fourth-order valence-electron chi connectivity index (χ4n) is 2.63. The highest BCUT2D eigenvalue weighted by Crippen LogP contribution is 2.51. The largest absolute Gasteiger partial charge is 0.469 e. The lowest BCUT2D eigenvalue weighted by Crippen LogP contribution is -2.39. The highest BCUT2D eigenvalue weighted by molar-refractivity contribution is 7.99. The number of carbonyl (C=O) groups is 2. The van der Waals surface area contributed by atoms with E-state index in [2.05, 4.69) is 6.92 Å². The maximum atomic E-state index is 12.1. The minimum absolute atomic E-state index is 0.119. The first-order valence-electron chi connectivity index (χ1n) is 7.47. The van der Waals surface area contributed by atoms with Gasteiger partial charge in [-0.15, -0.1) is 0 Å². The van der Waals surface area contributed by atoms with Crippen LogP contribution in [0.4, 0.5) is 0 Å². The molecule has 1 aliphatic heterocycles. The molecule has 2 fully saturated rings. The molecule has 114 valence electrons. The van der Waals surface area contributed by atoms with Gasteiger partial charge in [0.05, 0.1) is 19.3 Å². The van der Waals surface area contributed by atoms with Gasteiger partial charge in [-0.2, -0.15) is 11.8 Å². The number of likely N-dealkylation sites (tertiary alicyclic amines) is 1. The summed E-state index contributed by atoms with van der Waals surface area (Å²) < 4.78 is 4.74. The van der Waals surface area contributed by atoms with E-state index in [-0.39, 0.29) is 17.3 Å². The lowest BCUT2D eigenvalue weighted by Gasteiger charge is -2.30. The fraction of sp³-hybridized carbons (Fsp3) is 0.867. The number of rotatable bonds is 6. The number of thioether (sulfide) groups is 1. The number of hydrogen-bond acceptors (Lipinski definition) is 4. The van der Waals surface area contributed by atoms with Gasteiger partial charge >= 0.3 is 5.97 Å². The van der Waals surface area contributed by atoms with Crippen LogP contribution in [0.15, 0.2) is 0 Å². The van der Waals surface area contributed by atoms with E-state index in [0.717, 1.165) is 50.4 Å². The van der Waals surface area contributed by atoms with Crippen molar-refractivity contribution in [1.29, 1.82) is 0 Å². The Hall–Kier alpha value is -0.710. The van der Waals surface area contributed by atoms with Crippen LogP contribution in [0.25, 0.3) is 0 Å². The topological polar surface area (TPSA) is 46.6 Å². The molecule has 1 amide bonds. The monoisotopic (exact) mass is 299 g/mol. The van der Waals surface area contributed by atoms with Gasteiger partial charge in [-0.05, 0) is 42.8 Å². The van der Waals surface area contributed by atoms with Gasteiger partial charge < -0.3 is 9.64 Å². The van der Waals surface area contributed by atoms with Gasteiger partial charge in [0, 0.05) is 13.1 Å². The molecule has 2 aliphatic rings. The van der Waals surface area contributed by atoms with Crippen molar-refractivity contribution in [2.24, 2.45) is 11.3 Å². The van der Waals surface area contributed by atoms with Crippen molar-refractivity contribution in [1.82, 2.24) is 4.90 Å². The van der Waals surface area contributed by atoms with Crippen LogP contribution >= 0.6 is 11.8 Å². The average Bonchev–Trinajstić information content (AvgIpc) is 3.19. The summed E-state index contributed by atoms with van der Waals surface area (Å²) in [6, 6.07) is 0. The number of nitrogens with zero attached hydrogens (tertiary/aromatic N) is 1. The quantitative estimate of drug-likeness (QED) is 0.706. The third kappa shape index (κ3) is 4.40. The van der Waals surface area contributed by atoms with E-state index < -0.39 is 0 Å². The van der Waals surface area contributed by atoms with Crippen molar-refractivity contribution < 1.29 is 14.3 Å². The van der Waals surface area contributed by atoms with Gasteiger partial charge in [0.2, 0.25) is 5.91 Å². The Balaban J connectivity index is 1.65. The fourth-order valence-corrected chi connectivity index (χ4v) is 3.91. The summed E-state index contributed by atoms with van der Waals surface area (Å²) in [4.78, 5) is 25.4. The SMILES string of the molecule is COC(=O)CC1(CSCC(=O)N2CCC(C)CC2)CC1. The molecule has 0 radical (unpaired) electrons. The summed E-state index contributed by atoms with van der Waals surface area (Å²) in [5.74, 6) is 2.34. The predicted molar refractivity (Wildman–Crippen MR) is 80.6 cm³/mol. The molecular weight excluding hydrogens is 274 g/mol. The molecule has 5 heteroatoms. The smallest absolute Gasteiger partial charge is 0.306 e. The molecular formula is C15H25NO3S. The molecule has 1 aliphatic carbocycles. The van der Waals surface area contributed by atoms with Gasteiger partial charge in [-0.1, -0.05) is 6.92 Å². The first-order valence-corrected chi connectivity index (χ1v) is 8.62. The van der Waals surface area contributed by atoms with Crippen molar-refractivity contribution in [3.63, 3.8) is 0 Å². The Labute approximate surface area is 125 Å². The summed E-state index contributed by atoms with van der Waals surface area (Å²) in [5.41, 5.74) is 0.119. The molecule has 0 spiro atoms. The van der Waals surface area contributed by atoms with Crippen LogP contribution in [0.5, 0.6) is 0 Å². The van der Waals surface area contributed by atoms with Crippen molar-refractivity contribution >= 4 is 23.6 Å². The molecule has 0 aromatic heterocycles. The maximum Gasteiger partial charge on any atom is 0.306 e. The number of piperidine rings is 1. The third-order valence-corrected chi connectivity index (χ3v) is 5.74. The number of hydrogen-bond donors (Lipinski definition) is 0. The number of carbonyl (C=O) groups excluding carboxylic acids is 2. The van der Waals surface area contributed by atoms with Crippen molar-refractivity contribution in [3.8, 4) is 0 Å². The lowest BCUT2D eigenvalue weighted by molar-refractivity contribution is -0.141. The number of esters is 1. The van der Waals surface area contributed by atoms with Crippen LogP contribution in [-0.4, -0.2) is 48.5 Å². The highest BCUT2D eigenvalue weighted by atomic mass is 32.2. The summed E-state index contributed by atoms with van der Waals surface area (Å²) in [7, 11) is 1.44. The van der Waals surface area contributed by atoms with Crippen LogP contribution in [0.1, 0.15) is 39.0 Å². The van der Waals surface area contributed by atoms with E-state index in [9.17, 15) is 9.59 Å². The van der Waals surface area contributed by atoms with Crippen LogP contribution < -0.4 is 0 Å². The second kappa shape index (κ2) is 6.83. The minimum atomic E-state index is -0.126. The maximum absolute atomic E-state index is 12.1. The third-order valence-electron chi connectivity index (χ3n) is 4.47. The van der Waals surface area contributed by atoms with Crippen LogP contribution in [0.3, 0.4) is 0 Å². The Morgan fingerprint density at radius 1 is 1.30 bits per heavy atom. The molecule has 0 unspecified atom stereocenters. The van der Waals surface area contributed by atoms with E-state index in [4.69, 9.17) is 4.74 Å². The molecule has 0 aromatic rings. The number of ether oxygens (including phenoxy) is 1. The Morgan fingerprint density at radius 3 is 2.50 bits per heavy atom. The van der Waals surface area contributed by atoms with Crippen molar-refractivity contribution in [2.45, 2.75) is 39.0 Å². The Bertz CT molecular complexity index is 360. The molecule has 1 heterocycles. The zero-order valence-corrected chi connectivity index (χ0v) is 13.3. The zero-order valence-electron chi connectivity index (χ0n) is 12.5. The van der Waals surface area contributed by atoms with Crippen molar-refractivity contribution in [3.05, 3.63) is 0 Å². The Morgan fingerprint density at radius 2 is 1.95 bits per heavy atom. The number of amides is 1. The van der Waals surface area contributed by atoms with Crippen LogP contribution in [0.2, 0.25) is 0 Å². The van der Waals surface area contributed by atoms with Gasteiger partial charge in [0.25, 0.3) is 0 Å². The van der Waals surface area contributed by atoms with E-state index in [0.29, 0.717) is 12.2 Å². The molecule has 0 aromatic carbocycles. The molecule has 2 rings (SSSR count). The van der Waals surface area contributed by atoms with Gasteiger partial charge in [0.15, 0.2) is 0 Å². The second-order valence-corrected chi connectivity index (χ2v) is 7.29. The average molecular weight is 299 g/mol. The van der Waals surface area contributed by atoms with E-state index >= 15 is 0 Å². The predicted octanol–water partition coefficient (Wildman–Crippen LogP) is 2.32. The van der Waals surface area contributed by atoms with Crippen molar-refractivity contribution in [2.75, 3.05) is 31.7 Å². The van der Waals surface area contributed by atoms with E-state index in [1.165, 1.54) is 7.11 Å². The van der Waals surface area contributed by atoms with Gasteiger partial charge in [-0.25, -0.2) is 0 Å². The molecule has 1 saturated carbocycles. The van der Waals surface area contributed by atoms with Crippen LogP contribution in [-0.2, 0) is 14.3 Å². The number of methoxy groups -OCH3 is 1.